The molecule has 0 fully saturated rings. The summed E-state index contributed by atoms with van der Waals surface area (Å²) in [4.78, 5) is 1.48. The number of hydrogen-bond donors (Lipinski definition) is 2. The molecule has 6 heteroatoms. The summed E-state index contributed by atoms with van der Waals surface area (Å²) < 4.78 is 32.9. The Kier molecular flexibility index (Phi) is 7.43. The van der Waals surface area contributed by atoms with Crippen molar-refractivity contribution in [1.29, 1.82) is 0 Å². The Bertz CT molecular complexity index is 393. The first-order valence-electron chi connectivity index (χ1n) is 6.67. The molecule has 2 N–H and O–H groups in total. The summed E-state index contributed by atoms with van der Waals surface area (Å²) >= 11 is 0. The van der Waals surface area contributed by atoms with Crippen molar-refractivity contribution in [1.82, 2.24) is 5.32 Å². The average Bonchev–Trinajstić information content (AvgIpc) is 2.42. The van der Waals surface area contributed by atoms with Crippen LogP contribution in [0, 0.1) is 11.6 Å². The van der Waals surface area contributed by atoms with E-state index in [9.17, 15) is 8.78 Å². The average molecular weight is 288 g/mol. The Hall–Kier alpha value is -1.24. The van der Waals surface area contributed by atoms with Crippen molar-refractivity contribution in [2.24, 2.45) is 0 Å². The maximum absolute atomic E-state index is 14.0. The van der Waals surface area contributed by atoms with Crippen LogP contribution in [0.1, 0.15) is 12.5 Å². The Labute approximate surface area is 118 Å². The molecule has 0 spiro atoms. The summed E-state index contributed by atoms with van der Waals surface area (Å²) in [5, 5.41) is 12.0. The number of ether oxygens (including phenoxy) is 1. The van der Waals surface area contributed by atoms with Gasteiger partial charge in [0.15, 0.2) is 0 Å². The Morgan fingerprint density at radius 3 is 2.45 bits per heavy atom. The van der Waals surface area contributed by atoms with E-state index in [1.165, 1.54) is 17.0 Å². The first-order chi connectivity index (χ1) is 9.63. The fourth-order valence-corrected chi connectivity index (χ4v) is 1.98. The lowest BCUT2D eigenvalue weighted by Gasteiger charge is -2.23. The van der Waals surface area contributed by atoms with Gasteiger partial charge in [-0.2, -0.15) is 0 Å². The van der Waals surface area contributed by atoms with E-state index >= 15 is 0 Å². The number of hydrogen-bond acceptors (Lipinski definition) is 4. The van der Waals surface area contributed by atoms with Crippen molar-refractivity contribution in [3.63, 3.8) is 0 Å². The van der Waals surface area contributed by atoms with Gasteiger partial charge < -0.3 is 20.1 Å². The molecule has 0 unspecified atom stereocenters. The Morgan fingerprint density at radius 1 is 1.30 bits per heavy atom. The molecule has 1 aromatic rings. The number of nitrogens with zero attached hydrogens (tertiary/aromatic N) is 1. The highest BCUT2D eigenvalue weighted by atomic mass is 19.1. The van der Waals surface area contributed by atoms with Crippen molar-refractivity contribution in [3.05, 3.63) is 29.3 Å². The minimum Gasteiger partial charge on any atom is -0.395 e. The van der Waals surface area contributed by atoms with E-state index in [1.807, 2.05) is 0 Å². The van der Waals surface area contributed by atoms with Crippen LogP contribution in [-0.4, -0.2) is 45.1 Å². The van der Waals surface area contributed by atoms with Gasteiger partial charge >= 0.3 is 0 Å². The van der Waals surface area contributed by atoms with Crippen molar-refractivity contribution in [2.75, 3.05) is 44.9 Å². The molecule has 0 aliphatic heterocycles. The van der Waals surface area contributed by atoms with Crippen LogP contribution in [0.2, 0.25) is 0 Å². The van der Waals surface area contributed by atoms with E-state index in [1.54, 1.807) is 14.0 Å². The highest BCUT2D eigenvalue weighted by molar-refractivity contribution is 5.50. The molecule has 0 aromatic heterocycles. The summed E-state index contributed by atoms with van der Waals surface area (Å²) in [6, 6.07) is 2.64. The molecule has 0 heterocycles. The van der Waals surface area contributed by atoms with Gasteiger partial charge in [-0.05, 0) is 24.6 Å². The van der Waals surface area contributed by atoms with Crippen LogP contribution in [0.3, 0.4) is 0 Å². The van der Waals surface area contributed by atoms with Crippen molar-refractivity contribution < 1.29 is 18.6 Å². The zero-order valence-electron chi connectivity index (χ0n) is 12.0. The molecule has 0 atom stereocenters. The minimum atomic E-state index is -0.608. The van der Waals surface area contributed by atoms with Gasteiger partial charge in [0.25, 0.3) is 0 Å². The van der Waals surface area contributed by atoms with Gasteiger partial charge in [0, 0.05) is 33.3 Å². The summed E-state index contributed by atoms with van der Waals surface area (Å²) in [5.74, 6) is -1.22. The highest BCUT2D eigenvalue weighted by Crippen LogP contribution is 2.24. The largest absolute Gasteiger partial charge is 0.395 e. The number of aliphatic hydroxyl groups excluding tert-OH is 1. The van der Waals surface area contributed by atoms with Gasteiger partial charge in [0.2, 0.25) is 0 Å². The predicted molar refractivity (Wildman–Crippen MR) is 74.9 cm³/mol. The SMILES string of the molecule is CCN(CCO)c1c(F)cc(CNCCOC)cc1F. The molecule has 1 aromatic carbocycles. The molecule has 0 aliphatic rings. The molecule has 4 nitrogen and oxygen atoms in total. The van der Waals surface area contributed by atoms with Gasteiger partial charge in [-0.25, -0.2) is 8.78 Å². The molecule has 20 heavy (non-hydrogen) atoms. The number of rotatable bonds is 9. The second-order valence-electron chi connectivity index (χ2n) is 4.38. The first kappa shape index (κ1) is 16.8. The smallest absolute Gasteiger partial charge is 0.149 e. The zero-order valence-corrected chi connectivity index (χ0v) is 12.0. The summed E-state index contributed by atoms with van der Waals surface area (Å²) in [6.07, 6.45) is 0. The monoisotopic (exact) mass is 288 g/mol. The highest BCUT2D eigenvalue weighted by Gasteiger charge is 2.16. The van der Waals surface area contributed by atoms with Gasteiger partial charge in [-0.15, -0.1) is 0 Å². The fourth-order valence-electron chi connectivity index (χ4n) is 1.98. The molecule has 0 saturated heterocycles. The van der Waals surface area contributed by atoms with Gasteiger partial charge in [0.05, 0.1) is 13.2 Å². The maximum Gasteiger partial charge on any atom is 0.149 e. The Morgan fingerprint density at radius 2 is 1.95 bits per heavy atom. The number of methoxy groups -OCH3 is 1. The summed E-state index contributed by atoms with van der Waals surface area (Å²) in [7, 11) is 1.59. The van der Waals surface area contributed by atoms with E-state index in [-0.39, 0.29) is 18.8 Å². The van der Waals surface area contributed by atoms with Gasteiger partial charge in [0.1, 0.15) is 17.3 Å². The minimum absolute atomic E-state index is 0.0813. The van der Waals surface area contributed by atoms with Crippen molar-refractivity contribution in [3.8, 4) is 0 Å². The lowest BCUT2D eigenvalue weighted by atomic mass is 10.1. The van der Waals surface area contributed by atoms with E-state index in [0.717, 1.165) is 0 Å². The molecule has 0 amide bonds. The molecule has 0 saturated carbocycles. The molecular formula is C14H22F2N2O2. The van der Waals surface area contributed by atoms with Crippen LogP contribution in [0.15, 0.2) is 12.1 Å². The number of halogens is 2. The maximum atomic E-state index is 14.0. The third kappa shape index (κ3) is 4.70. The summed E-state index contributed by atoms with van der Waals surface area (Å²) in [5.41, 5.74) is 0.460. The molecule has 0 radical (unpaired) electrons. The van der Waals surface area contributed by atoms with Crippen molar-refractivity contribution >= 4 is 5.69 Å². The van der Waals surface area contributed by atoms with Crippen LogP contribution in [0.5, 0.6) is 0 Å². The zero-order chi connectivity index (χ0) is 15.0. The normalized spacial score (nSPS) is 10.8. The van der Waals surface area contributed by atoms with E-state index < -0.39 is 11.6 Å². The third-order valence-corrected chi connectivity index (χ3v) is 2.96. The topological polar surface area (TPSA) is 44.7 Å². The predicted octanol–water partition coefficient (Wildman–Crippen LogP) is 1.52. The number of benzene rings is 1. The number of nitrogens with one attached hydrogen (secondary N) is 1. The number of aliphatic hydroxyl groups is 1. The molecule has 0 bridgehead atoms. The Balaban J connectivity index is 2.80. The van der Waals surface area contributed by atoms with Crippen LogP contribution < -0.4 is 10.2 Å². The van der Waals surface area contributed by atoms with Crippen LogP contribution in [-0.2, 0) is 11.3 Å². The molecule has 114 valence electrons. The van der Waals surface area contributed by atoms with Crippen molar-refractivity contribution in [2.45, 2.75) is 13.5 Å². The number of anilines is 1. The molecule has 0 aliphatic carbocycles. The third-order valence-electron chi connectivity index (χ3n) is 2.96. The first-order valence-corrected chi connectivity index (χ1v) is 6.67. The fraction of sp³-hybridized carbons (Fsp3) is 0.571. The second kappa shape index (κ2) is 8.84. The van der Waals surface area contributed by atoms with Gasteiger partial charge in [-0.3, -0.25) is 0 Å². The van der Waals surface area contributed by atoms with E-state index in [0.29, 0.717) is 31.8 Å². The lowest BCUT2D eigenvalue weighted by molar-refractivity contribution is 0.199. The quantitative estimate of drug-likeness (QED) is 0.676. The van der Waals surface area contributed by atoms with Crippen LogP contribution >= 0.6 is 0 Å². The van der Waals surface area contributed by atoms with Gasteiger partial charge in [-0.1, -0.05) is 0 Å². The summed E-state index contributed by atoms with van der Waals surface area (Å²) in [6.45, 7) is 3.82. The van der Waals surface area contributed by atoms with E-state index in [2.05, 4.69) is 5.32 Å². The second-order valence-corrected chi connectivity index (χ2v) is 4.38. The molecular weight excluding hydrogens is 266 g/mol. The van der Waals surface area contributed by atoms with E-state index in [4.69, 9.17) is 9.84 Å². The lowest BCUT2D eigenvalue weighted by Crippen LogP contribution is -2.28. The molecule has 1 rings (SSSR count). The number of likely N-dealkylation sites (N-methyl/N-ethyl adjacent to an activating group) is 1. The standard InChI is InChI=1S/C14H22F2N2O2/c1-3-18(5-6-19)14-12(15)8-11(9-13(14)16)10-17-4-7-20-2/h8-9,17,19H,3-7,10H2,1-2H3. The van der Waals surface area contributed by atoms with Crippen LogP contribution in [0.4, 0.5) is 14.5 Å². The van der Waals surface area contributed by atoms with Crippen LogP contribution in [0.25, 0.3) is 0 Å².